The molecule has 0 aromatic heterocycles. The van der Waals surface area contributed by atoms with E-state index in [1.54, 1.807) is 12.2 Å². The Morgan fingerprint density at radius 3 is 2.34 bits per heavy atom. The average Bonchev–Trinajstić information content (AvgIpc) is 2.70. The van der Waals surface area contributed by atoms with Crippen LogP contribution in [0.25, 0.3) is 0 Å². The van der Waals surface area contributed by atoms with Crippen molar-refractivity contribution < 1.29 is 28.6 Å². The number of carbonyl (C=O) groups is 2. The van der Waals surface area contributed by atoms with E-state index in [1.165, 1.54) is 7.11 Å². The van der Waals surface area contributed by atoms with Crippen LogP contribution in [0.1, 0.15) is 35.1 Å². The Hall–Kier alpha value is -1.67. The van der Waals surface area contributed by atoms with Gasteiger partial charge in [0.25, 0.3) is 0 Å². The van der Waals surface area contributed by atoms with Crippen molar-refractivity contribution in [2.24, 2.45) is 0 Å². The molecular formula is C21H30ClNO6. The van der Waals surface area contributed by atoms with Crippen LogP contribution < -0.4 is 0 Å². The number of methoxy groups -OCH3 is 2. The number of benzene rings is 1. The quantitative estimate of drug-likeness (QED) is 0.466. The lowest BCUT2D eigenvalue weighted by Gasteiger charge is -2.38. The van der Waals surface area contributed by atoms with Crippen LogP contribution in [-0.4, -0.2) is 63.1 Å². The van der Waals surface area contributed by atoms with Gasteiger partial charge in [0.1, 0.15) is 0 Å². The van der Waals surface area contributed by atoms with Gasteiger partial charge in [-0.15, -0.1) is 0 Å². The summed E-state index contributed by atoms with van der Waals surface area (Å²) in [7, 11) is 2.90. The first-order valence-corrected chi connectivity index (χ1v) is 10.0. The molecule has 0 spiro atoms. The van der Waals surface area contributed by atoms with Crippen LogP contribution in [-0.2, 0) is 35.1 Å². The second kappa shape index (κ2) is 10.4. The number of carbonyl (C=O) groups excluding carboxylic acids is 2. The molecule has 1 aliphatic rings. The zero-order valence-corrected chi connectivity index (χ0v) is 18.6. The third-order valence-electron chi connectivity index (χ3n) is 5.32. The molecule has 0 bridgehead atoms. The van der Waals surface area contributed by atoms with Gasteiger partial charge in [0.05, 0.1) is 26.7 Å². The Morgan fingerprint density at radius 2 is 1.76 bits per heavy atom. The molecule has 0 unspecified atom stereocenters. The van der Waals surface area contributed by atoms with E-state index in [0.29, 0.717) is 44.2 Å². The topological polar surface area (TPSA) is 74.3 Å². The van der Waals surface area contributed by atoms with Crippen molar-refractivity contribution in [3.8, 4) is 0 Å². The van der Waals surface area contributed by atoms with Gasteiger partial charge in [-0.2, -0.15) is 5.06 Å². The molecule has 7 nitrogen and oxygen atoms in total. The lowest BCUT2D eigenvalue weighted by atomic mass is 9.91. The molecule has 2 rings (SSSR count). The fourth-order valence-corrected chi connectivity index (χ4v) is 3.80. The Labute approximate surface area is 177 Å². The maximum Gasteiger partial charge on any atom is 0.350 e. The van der Waals surface area contributed by atoms with Gasteiger partial charge in [0, 0.05) is 38.1 Å². The van der Waals surface area contributed by atoms with Crippen molar-refractivity contribution in [2.75, 3.05) is 40.5 Å². The molecule has 1 heterocycles. The molecule has 162 valence electrons. The van der Waals surface area contributed by atoms with Crippen molar-refractivity contribution in [3.63, 3.8) is 0 Å². The molecule has 0 aliphatic carbocycles. The lowest BCUT2D eigenvalue weighted by molar-refractivity contribution is -0.216. The van der Waals surface area contributed by atoms with E-state index in [4.69, 9.17) is 30.6 Å². The molecule has 1 fully saturated rings. The van der Waals surface area contributed by atoms with Crippen molar-refractivity contribution in [2.45, 2.75) is 45.6 Å². The first-order valence-electron chi connectivity index (χ1n) is 9.66. The molecule has 0 atom stereocenters. The first-order chi connectivity index (χ1) is 13.7. The molecule has 1 saturated heterocycles. The molecule has 0 N–H and O–H groups in total. The van der Waals surface area contributed by atoms with Gasteiger partial charge in [-0.3, -0.25) is 9.63 Å². The van der Waals surface area contributed by atoms with E-state index in [1.807, 2.05) is 26.8 Å². The fraction of sp³-hybridized carbons (Fsp3) is 0.619. The minimum atomic E-state index is -1.30. The van der Waals surface area contributed by atoms with Gasteiger partial charge in [-0.05, 0) is 43.0 Å². The van der Waals surface area contributed by atoms with Crippen molar-refractivity contribution in [3.05, 3.63) is 33.3 Å². The maximum atomic E-state index is 12.8. The number of nitrogens with zero attached hydrogens (tertiary/aromatic N) is 1. The highest BCUT2D eigenvalue weighted by Gasteiger charge is 2.46. The van der Waals surface area contributed by atoms with Crippen LogP contribution in [0.15, 0.2) is 6.07 Å². The van der Waals surface area contributed by atoms with Gasteiger partial charge in [-0.25, -0.2) is 4.79 Å². The zero-order chi connectivity index (χ0) is 21.6. The number of halogens is 1. The Morgan fingerprint density at radius 1 is 1.10 bits per heavy atom. The normalized spacial score (nSPS) is 16.5. The van der Waals surface area contributed by atoms with Crippen molar-refractivity contribution >= 4 is 23.5 Å². The standard InChI is InChI=1S/C21H30ClNO6/c1-14-12-15(2)19(22)16(3)17(14)13-18(24)29-21(20(25)27-5)6-8-23(9-7-21)28-11-10-26-4/h12H,6-11,13H2,1-5H3. The third-order valence-corrected chi connectivity index (χ3v) is 5.90. The lowest BCUT2D eigenvalue weighted by Crippen LogP contribution is -2.52. The van der Waals surface area contributed by atoms with E-state index in [-0.39, 0.29) is 6.42 Å². The SMILES string of the molecule is COCCON1CCC(OC(=O)Cc2c(C)cc(C)c(Cl)c2C)(C(=O)OC)CC1. The number of aryl methyl sites for hydroxylation is 2. The summed E-state index contributed by atoms with van der Waals surface area (Å²) in [5, 5.41) is 2.39. The smallest absolute Gasteiger partial charge is 0.350 e. The largest absolute Gasteiger partial charge is 0.466 e. The molecule has 29 heavy (non-hydrogen) atoms. The highest BCUT2D eigenvalue weighted by Crippen LogP contribution is 2.31. The molecule has 0 amide bonds. The monoisotopic (exact) mass is 427 g/mol. The van der Waals surface area contributed by atoms with Crippen molar-refractivity contribution in [1.82, 2.24) is 5.06 Å². The summed E-state index contributed by atoms with van der Waals surface area (Å²) in [6.45, 7) is 7.54. The molecule has 1 aromatic rings. The molecule has 8 heteroatoms. The summed E-state index contributed by atoms with van der Waals surface area (Å²) < 4.78 is 15.6. The van der Waals surface area contributed by atoms with Gasteiger partial charge in [0.15, 0.2) is 0 Å². The Kier molecular flexibility index (Phi) is 8.46. The minimum absolute atomic E-state index is 0.0461. The van der Waals surface area contributed by atoms with Crippen molar-refractivity contribution in [1.29, 1.82) is 0 Å². The van der Waals surface area contributed by atoms with Crippen LogP contribution >= 0.6 is 11.6 Å². The van der Waals surface area contributed by atoms with Gasteiger partial charge >= 0.3 is 11.9 Å². The number of hydroxylamine groups is 2. The second-order valence-electron chi connectivity index (χ2n) is 7.32. The second-order valence-corrected chi connectivity index (χ2v) is 7.70. The van der Waals surface area contributed by atoms with Gasteiger partial charge in [0.2, 0.25) is 5.60 Å². The summed E-state index contributed by atoms with van der Waals surface area (Å²) in [5.41, 5.74) is 2.31. The molecule has 0 saturated carbocycles. The Balaban J connectivity index is 2.09. The molecule has 0 radical (unpaired) electrons. The first kappa shape index (κ1) is 23.6. The van der Waals surface area contributed by atoms with E-state index in [0.717, 1.165) is 22.3 Å². The van der Waals surface area contributed by atoms with Crippen LogP contribution in [0.4, 0.5) is 0 Å². The molecule has 1 aliphatic heterocycles. The zero-order valence-electron chi connectivity index (χ0n) is 17.8. The number of rotatable bonds is 8. The third kappa shape index (κ3) is 5.69. The number of esters is 2. The minimum Gasteiger partial charge on any atom is -0.466 e. The van der Waals surface area contributed by atoms with E-state index >= 15 is 0 Å². The maximum absolute atomic E-state index is 12.8. The van der Waals surface area contributed by atoms with Crippen LogP contribution in [0, 0.1) is 20.8 Å². The summed E-state index contributed by atoms with van der Waals surface area (Å²) in [5.74, 6) is -1.02. The number of hydrogen-bond acceptors (Lipinski definition) is 7. The summed E-state index contributed by atoms with van der Waals surface area (Å²) in [6, 6.07) is 1.95. The van der Waals surface area contributed by atoms with Gasteiger partial charge < -0.3 is 14.2 Å². The number of piperidine rings is 1. The van der Waals surface area contributed by atoms with E-state index < -0.39 is 17.5 Å². The number of ether oxygens (including phenoxy) is 3. The predicted octanol–water partition coefficient (Wildman–Crippen LogP) is 2.94. The highest BCUT2D eigenvalue weighted by molar-refractivity contribution is 6.32. The fourth-order valence-electron chi connectivity index (χ4n) is 3.63. The van der Waals surface area contributed by atoms with E-state index in [2.05, 4.69) is 0 Å². The summed E-state index contributed by atoms with van der Waals surface area (Å²) >= 11 is 6.34. The van der Waals surface area contributed by atoms with Gasteiger partial charge in [-0.1, -0.05) is 17.7 Å². The predicted molar refractivity (Wildman–Crippen MR) is 109 cm³/mol. The highest BCUT2D eigenvalue weighted by atomic mass is 35.5. The van der Waals surface area contributed by atoms with Crippen LogP contribution in [0.5, 0.6) is 0 Å². The summed E-state index contributed by atoms with van der Waals surface area (Å²) in [6.07, 6.45) is 0.639. The number of hydrogen-bond donors (Lipinski definition) is 0. The van der Waals surface area contributed by atoms with Crippen LogP contribution in [0.3, 0.4) is 0 Å². The molecular weight excluding hydrogens is 398 g/mol. The Bertz CT molecular complexity index is 743. The van der Waals surface area contributed by atoms with E-state index in [9.17, 15) is 9.59 Å². The summed E-state index contributed by atoms with van der Waals surface area (Å²) in [4.78, 5) is 30.8. The average molecular weight is 428 g/mol. The van der Waals surface area contributed by atoms with Crippen LogP contribution in [0.2, 0.25) is 5.02 Å². The molecule has 1 aromatic carbocycles.